The smallest absolute Gasteiger partial charge is 0.407 e. The van der Waals surface area contributed by atoms with E-state index in [1.54, 1.807) is 49.9 Å². The molecule has 0 bridgehead atoms. The van der Waals surface area contributed by atoms with Gasteiger partial charge in [-0.1, -0.05) is 15.9 Å². The Labute approximate surface area is 165 Å². The minimum absolute atomic E-state index is 0.0921. The number of hydrogen-bond acceptors (Lipinski definition) is 5. The summed E-state index contributed by atoms with van der Waals surface area (Å²) in [5.74, 6) is 0. The summed E-state index contributed by atoms with van der Waals surface area (Å²) in [4.78, 5) is 22.5. The monoisotopic (exact) mass is 434 g/mol. The van der Waals surface area contributed by atoms with Crippen LogP contribution in [0.15, 0.2) is 35.1 Å². The molecule has 0 aliphatic heterocycles. The second kappa shape index (κ2) is 8.22. The molecule has 27 heavy (non-hydrogen) atoms. The first-order chi connectivity index (χ1) is 12.6. The van der Waals surface area contributed by atoms with E-state index in [0.717, 1.165) is 0 Å². The third-order valence-electron chi connectivity index (χ3n) is 3.49. The molecule has 1 heterocycles. The molecular weight excluding hydrogens is 416 g/mol. The van der Waals surface area contributed by atoms with Gasteiger partial charge >= 0.3 is 6.09 Å². The van der Waals surface area contributed by atoms with Crippen molar-refractivity contribution in [3.05, 3.63) is 50.7 Å². The summed E-state index contributed by atoms with van der Waals surface area (Å²) >= 11 is 3.22. The maximum atomic E-state index is 11.7. The standard InChI is InChI=1S/C18H19BrN4O4/c1-18(2,3)27-17(24)21-6-7-22-10-12(9-20)15(11-22)14-5-4-13(19)8-16(14)23(25)26/h4-5,8,10-11H,6-7H2,1-3H3,(H,21,24). The third kappa shape index (κ3) is 5.56. The number of carbonyl (C=O) groups is 1. The lowest BCUT2D eigenvalue weighted by Gasteiger charge is -2.19. The molecule has 2 aromatic rings. The predicted molar refractivity (Wildman–Crippen MR) is 103 cm³/mol. The van der Waals surface area contributed by atoms with Crippen molar-refractivity contribution in [2.75, 3.05) is 6.54 Å². The number of benzene rings is 1. The Bertz CT molecular complexity index is 909. The minimum atomic E-state index is -0.584. The normalized spacial score (nSPS) is 10.9. The Balaban J connectivity index is 2.18. The zero-order chi connectivity index (χ0) is 20.2. The van der Waals surface area contributed by atoms with E-state index in [-0.39, 0.29) is 12.2 Å². The van der Waals surface area contributed by atoms with Gasteiger partial charge in [0.15, 0.2) is 0 Å². The number of ether oxygens (including phenoxy) is 1. The molecule has 1 amide bonds. The highest BCUT2D eigenvalue weighted by Gasteiger charge is 2.20. The van der Waals surface area contributed by atoms with Gasteiger partial charge in [0.25, 0.3) is 5.69 Å². The number of nitrogens with one attached hydrogen (secondary N) is 1. The molecule has 0 aliphatic carbocycles. The van der Waals surface area contributed by atoms with Crippen molar-refractivity contribution in [1.82, 2.24) is 9.88 Å². The molecule has 1 N–H and O–H groups in total. The predicted octanol–water partition coefficient (Wildman–Crippen LogP) is 4.22. The van der Waals surface area contributed by atoms with E-state index >= 15 is 0 Å². The van der Waals surface area contributed by atoms with E-state index in [0.29, 0.717) is 27.7 Å². The molecule has 8 nitrogen and oxygen atoms in total. The molecule has 0 saturated heterocycles. The Morgan fingerprint density at radius 1 is 1.37 bits per heavy atom. The van der Waals surface area contributed by atoms with E-state index < -0.39 is 16.6 Å². The van der Waals surface area contributed by atoms with Crippen LogP contribution in [0.25, 0.3) is 11.1 Å². The van der Waals surface area contributed by atoms with Gasteiger partial charge < -0.3 is 14.6 Å². The molecule has 0 unspecified atom stereocenters. The number of nitriles is 1. The van der Waals surface area contributed by atoms with Crippen LogP contribution in [0.4, 0.5) is 10.5 Å². The summed E-state index contributed by atoms with van der Waals surface area (Å²) in [6.45, 7) is 5.99. The summed E-state index contributed by atoms with van der Waals surface area (Å²) in [6.07, 6.45) is 2.72. The van der Waals surface area contributed by atoms with Crippen molar-refractivity contribution in [3.63, 3.8) is 0 Å². The highest BCUT2D eigenvalue weighted by molar-refractivity contribution is 9.10. The van der Waals surface area contributed by atoms with Crippen LogP contribution in [0.1, 0.15) is 26.3 Å². The fraction of sp³-hybridized carbons (Fsp3) is 0.333. The number of nitrogens with zero attached hydrogens (tertiary/aromatic N) is 3. The molecule has 142 valence electrons. The number of amides is 1. The number of halogens is 1. The Morgan fingerprint density at radius 2 is 2.07 bits per heavy atom. The van der Waals surface area contributed by atoms with Gasteiger partial charge in [-0.2, -0.15) is 5.26 Å². The van der Waals surface area contributed by atoms with Crippen LogP contribution in [0, 0.1) is 21.4 Å². The van der Waals surface area contributed by atoms with Crippen LogP contribution in [0.2, 0.25) is 0 Å². The summed E-state index contributed by atoms with van der Waals surface area (Å²) in [7, 11) is 0. The average Bonchev–Trinajstić information content (AvgIpc) is 2.96. The van der Waals surface area contributed by atoms with Gasteiger partial charge in [0, 0.05) is 41.6 Å². The molecule has 1 aromatic heterocycles. The minimum Gasteiger partial charge on any atom is -0.444 e. The fourth-order valence-corrected chi connectivity index (χ4v) is 2.77. The summed E-state index contributed by atoms with van der Waals surface area (Å²) in [6, 6.07) is 6.74. The number of aromatic nitrogens is 1. The summed E-state index contributed by atoms with van der Waals surface area (Å²) in [5.41, 5.74) is 0.468. The van der Waals surface area contributed by atoms with Crippen LogP contribution < -0.4 is 5.32 Å². The maximum Gasteiger partial charge on any atom is 0.407 e. The largest absolute Gasteiger partial charge is 0.444 e. The lowest BCUT2D eigenvalue weighted by molar-refractivity contribution is -0.384. The van der Waals surface area contributed by atoms with Gasteiger partial charge in [0.1, 0.15) is 11.7 Å². The number of rotatable bonds is 5. The van der Waals surface area contributed by atoms with E-state index in [1.807, 2.05) is 0 Å². The molecular formula is C18H19BrN4O4. The molecule has 0 atom stereocenters. The van der Waals surface area contributed by atoms with Crippen LogP contribution in [0.3, 0.4) is 0 Å². The van der Waals surface area contributed by atoms with Crippen LogP contribution in [-0.2, 0) is 11.3 Å². The Hall–Kier alpha value is -2.86. The zero-order valence-corrected chi connectivity index (χ0v) is 16.7. The van der Waals surface area contributed by atoms with E-state index in [4.69, 9.17) is 4.74 Å². The topological polar surface area (TPSA) is 110 Å². The molecule has 0 radical (unpaired) electrons. The number of nitro benzene ring substituents is 1. The molecule has 2 rings (SSSR count). The van der Waals surface area contributed by atoms with Gasteiger partial charge in [-0.05, 0) is 32.9 Å². The summed E-state index contributed by atoms with van der Waals surface area (Å²) in [5, 5.41) is 23.4. The molecule has 0 saturated carbocycles. The van der Waals surface area contributed by atoms with Gasteiger partial charge in [-0.15, -0.1) is 0 Å². The first-order valence-corrected chi connectivity index (χ1v) is 8.91. The molecule has 9 heteroatoms. The van der Waals surface area contributed by atoms with Gasteiger partial charge in [0.05, 0.1) is 16.1 Å². The SMILES string of the molecule is CC(C)(C)OC(=O)NCCn1cc(C#N)c(-c2ccc(Br)cc2[N+](=O)[O-])c1. The van der Waals surface area contributed by atoms with Crippen LogP contribution in [-0.4, -0.2) is 27.7 Å². The number of nitro groups is 1. The zero-order valence-electron chi connectivity index (χ0n) is 15.2. The van der Waals surface area contributed by atoms with Crippen LogP contribution >= 0.6 is 15.9 Å². The number of carbonyl (C=O) groups excluding carboxylic acids is 1. The average molecular weight is 435 g/mol. The molecule has 0 spiro atoms. The van der Waals surface area contributed by atoms with Crippen LogP contribution in [0.5, 0.6) is 0 Å². The molecule has 0 fully saturated rings. The van der Waals surface area contributed by atoms with E-state index in [2.05, 4.69) is 27.3 Å². The quantitative estimate of drug-likeness (QED) is 0.559. The molecule has 0 aliphatic rings. The lowest BCUT2D eigenvalue weighted by Crippen LogP contribution is -2.34. The van der Waals surface area contributed by atoms with E-state index in [9.17, 15) is 20.2 Å². The van der Waals surface area contributed by atoms with Crippen molar-refractivity contribution in [3.8, 4) is 17.2 Å². The van der Waals surface area contributed by atoms with Gasteiger partial charge in [-0.3, -0.25) is 10.1 Å². The highest BCUT2D eigenvalue weighted by atomic mass is 79.9. The van der Waals surface area contributed by atoms with Gasteiger partial charge in [-0.25, -0.2) is 4.79 Å². The van der Waals surface area contributed by atoms with E-state index in [1.165, 1.54) is 6.07 Å². The number of hydrogen-bond donors (Lipinski definition) is 1. The number of alkyl carbamates (subject to hydrolysis) is 1. The second-order valence-corrected chi connectivity index (χ2v) is 7.70. The highest BCUT2D eigenvalue weighted by Crippen LogP contribution is 2.34. The maximum absolute atomic E-state index is 11.7. The fourth-order valence-electron chi connectivity index (χ4n) is 2.43. The molecule has 1 aromatic carbocycles. The van der Waals surface area contributed by atoms with Gasteiger partial charge in [0.2, 0.25) is 0 Å². The first-order valence-electron chi connectivity index (χ1n) is 8.12. The van der Waals surface area contributed by atoms with Crippen molar-refractivity contribution >= 4 is 27.7 Å². The Kier molecular flexibility index (Phi) is 6.23. The second-order valence-electron chi connectivity index (χ2n) is 6.78. The first kappa shape index (κ1) is 20.5. The van der Waals surface area contributed by atoms with Crippen molar-refractivity contribution in [2.24, 2.45) is 0 Å². The van der Waals surface area contributed by atoms with Crippen molar-refractivity contribution < 1.29 is 14.5 Å². The van der Waals surface area contributed by atoms with Crippen molar-refractivity contribution in [2.45, 2.75) is 32.9 Å². The third-order valence-corrected chi connectivity index (χ3v) is 3.98. The Morgan fingerprint density at radius 3 is 2.67 bits per heavy atom. The van der Waals surface area contributed by atoms with Crippen molar-refractivity contribution in [1.29, 1.82) is 5.26 Å². The lowest BCUT2D eigenvalue weighted by atomic mass is 10.0. The summed E-state index contributed by atoms with van der Waals surface area (Å²) < 4.78 is 7.44.